The number of nitrogen functional groups attached to an aromatic ring is 1. The highest BCUT2D eigenvalue weighted by Crippen LogP contribution is 2.49. The summed E-state index contributed by atoms with van der Waals surface area (Å²) in [5, 5.41) is 11.2. The number of halogens is 2. The first-order valence-electron chi connectivity index (χ1n) is 10.4. The van der Waals surface area contributed by atoms with Crippen LogP contribution in [0.1, 0.15) is 24.0 Å². The molecule has 0 aliphatic heterocycles. The highest BCUT2D eigenvalue weighted by atomic mass is 19.1. The van der Waals surface area contributed by atoms with Crippen LogP contribution in [0, 0.1) is 27.2 Å². The number of nitrogens with two attached hydrogens (primary N) is 1. The maximum atomic E-state index is 14.7. The second-order valence-corrected chi connectivity index (χ2v) is 8.08. The maximum Gasteiger partial charge on any atom is 0.353 e. The van der Waals surface area contributed by atoms with E-state index >= 15 is 0 Å². The Balaban J connectivity index is 1.46. The molecule has 174 valence electrons. The first-order chi connectivity index (χ1) is 16.2. The van der Waals surface area contributed by atoms with E-state index in [4.69, 9.17) is 10.5 Å². The monoisotopic (exact) mass is 467 g/mol. The van der Waals surface area contributed by atoms with Gasteiger partial charge in [-0.3, -0.25) is 19.7 Å². The Morgan fingerprint density at radius 3 is 2.21 bits per heavy atom. The molecule has 1 heterocycles. The molecular formula is C24H19F2N3O5. The molecule has 10 heteroatoms. The number of benzene rings is 2. The van der Waals surface area contributed by atoms with Gasteiger partial charge in [-0.2, -0.15) is 0 Å². The Bertz CT molecular complexity index is 1290. The van der Waals surface area contributed by atoms with Gasteiger partial charge in [-0.1, -0.05) is 18.2 Å². The number of carbonyl (C=O) groups excluding carboxylic acids is 2. The van der Waals surface area contributed by atoms with E-state index in [0.717, 1.165) is 6.07 Å². The van der Waals surface area contributed by atoms with Crippen LogP contribution in [0.4, 0.5) is 20.3 Å². The van der Waals surface area contributed by atoms with Gasteiger partial charge in [-0.05, 0) is 48.2 Å². The quantitative estimate of drug-likeness (QED) is 0.282. The summed E-state index contributed by atoms with van der Waals surface area (Å²) in [6, 6.07) is 10.5. The minimum Gasteiger partial charge on any atom is -0.447 e. The standard InChI is InChI=1S/C24H19F2N3O5/c25-16-4-1-14(2-5-16)12-20(30)24(8-9-24)21(31)13-15-3-6-18(17(26)11-15)34-19-7-10-28-23(27)22(19)29(32)33/h1-7,10-11H,8-9,12-13H2,(H2,27,28). The summed E-state index contributed by atoms with van der Waals surface area (Å²) in [6.45, 7) is 0. The molecule has 3 aromatic rings. The maximum absolute atomic E-state index is 14.7. The van der Waals surface area contributed by atoms with Gasteiger partial charge in [0, 0.05) is 25.1 Å². The van der Waals surface area contributed by atoms with Crippen LogP contribution in [-0.2, 0) is 22.4 Å². The molecule has 1 aliphatic rings. The normalized spacial score (nSPS) is 13.8. The number of nitro groups is 1. The van der Waals surface area contributed by atoms with Crippen LogP contribution in [0.5, 0.6) is 11.5 Å². The van der Waals surface area contributed by atoms with Crippen LogP contribution in [0.2, 0.25) is 0 Å². The Labute approximate surface area is 192 Å². The van der Waals surface area contributed by atoms with Crippen molar-refractivity contribution in [2.45, 2.75) is 25.7 Å². The summed E-state index contributed by atoms with van der Waals surface area (Å²) in [5.41, 5.74) is 4.77. The van der Waals surface area contributed by atoms with Gasteiger partial charge in [-0.15, -0.1) is 0 Å². The van der Waals surface area contributed by atoms with Crippen LogP contribution in [0.3, 0.4) is 0 Å². The third-order valence-corrected chi connectivity index (χ3v) is 5.77. The van der Waals surface area contributed by atoms with Crippen molar-refractivity contribution in [3.63, 3.8) is 0 Å². The molecule has 1 aliphatic carbocycles. The Morgan fingerprint density at radius 2 is 1.62 bits per heavy atom. The van der Waals surface area contributed by atoms with Crippen LogP contribution >= 0.6 is 0 Å². The lowest BCUT2D eigenvalue weighted by molar-refractivity contribution is -0.384. The van der Waals surface area contributed by atoms with Gasteiger partial charge in [0.05, 0.1) is 10.3 Å². The fourth-order valence-corrected chi connectivity index (χ4v) is 3.72. The Kier molecular flexibility index (Phi) is 6.06. The number of ketones is 2. The number of hydrogen-bond acceptors (Lipinski definition) is 7. The molecule has 0 spiro atoms. The molecule has 0 unspecified atom stereocenters. The molecule has 1 saturated carbocycles. The van der Waals surface area contributed by atoms with Gasteiger partial charge >= 0.3 is 5.69 Å². The third kappa shape index (κ3) is 4.61. The van der Waals surface area contributed by atoms with Crippen molar-refractivity contribution in [1.82, 2.24) is 4.98 Å². The van der Waals surface area contributed by atoms with E-state index in [1.807, 2.05) is 0 Å². The smallest absolute Gasteiger partial charge is 0.353 e. The van der Waals surface area contributed by atoms with Crippen molar-refractivity contribution in [3.8, 4) is 11.5 Å². The minimum absolute atomic E-state index is 0.0149. The van der Waals surface area contributed by atoms with E-state index in [-0.39, 0.29) is 41.7 Å². The molecule has 8 nitrogen and oxygen atoms in total. The second-order valence-electron chi connectivity index (χ2n) is 8.08. The summed E-state index contributed by atoms with van der Waals surface area (Å²) >= 11 is 0. The molecule has 0 saturated heterocycles. The lowest BCUT2D eigenvalue weighted by atomic mass is 9.88. The summed E-state index contributed by atoms with van der Waals surface area (Å²) in [6.07, 6.45) is 1.89. The second kappa shape index (κ2) is 8.97. The molecule has 0 radical (unpaired) electrons. The number of nitrogens with zero attached hydrogens (tertiary/aromatic N) is 2. The average molecular weight is 467 g/mol. The van der Waals surface area contributed by atoms with Crippen LogP contribution in [-0.4, -0.2) is 21.5 Å². The molecule has 1 aromatic heterocycles. The van der Waals surface area contributed by atoms with Crippen molar-refractivity contribution in [2.75, 3.05) is 5.73 Å². The van der Waals surface area contributed by atoms with Crippen molar-refractivity contribution >= 4 is 23.1 Å². The number of aromatic nitrogens is 1. The van der Waals surface area contributed by atoms with E-state index in [1.54, 1.807) is 0 Å². The molecule has 0 atom stereocenters. The van der Waals surface area contributed by atoms with Crippen molar-refractivity contribution in [3.05, 3.63) is 87.6 Å². The summed E-state index contributed by atoms with van der Waals surface area (Å²) in [7, 11) is 0. The van der Waals surface area contributed by atoms with Gasteiger partial charge in [0.2, 0.25) is 11.6 Å². The predicted octanol–water partition coefficient (Wildman–Crippen LogP) is 4.35. The van der Waals surface area contributed by atoms with Crippen molar-refractivity contribution < 1.29 is 28.0 Å². The number of hydrogen-bond donors (Lipinski definition) is 1. The zero-order chi connectivity index (χ0) is 24.5. The van der Waals surface area contributed by atoms with E-state index in [0.29, 0.717) is 24.0 Å². The fraction of sp³-hybridized carbons (Fsp3) is 0.208. The molecule has 2 N–H and O–H groups in total. The number of rotatable bonds is 9. The highest BCUT2D eigenvalue weighted by molar-refractivity contribution is 6.10. The Hall–Kier alpha value is -4.21. The first-order valence-corrected chi connectivity index (χ1v) is 10.4. The van der Waals surface area contributed by atoms with Gasteiger partial charge in [0.15, 0.2) is 23.1 Å². The molecular weight excluding hydrogens is 448 g/mol. The highest BCUT2D eigenvalue weighted by Gasteiger charge is 2.54. The van der Waals surface area contributed by atoms with Gasteiger partial charge in [0.25, 0.3) is 0 Å². The zero-order valence-electron chi connectivity index (χ0n) is 17.8. The molecule has 0 bridgehead atoms. The SMILES string of the molecule is Nc1nccc(Oc2ccc(CC(=O)C3(C(=O)Cc4ccc(F)cc4)CC3)cc2F)c1[N+](=O)[O-]. The lowest BCUT2D eigenvalue weighted by Crippen LogP contribution is -2.28. The number of carbonyl (C=O) groups is 2. The molecule has 2 aromatic carbocycles. The van der Waals surface area contributed by atoms with Gasteiger partial charge in [-0.25, -0.2) is 13.8 Å². The van der Waals surface area contributed by atoms with E-state index in [9.17, 15) is 28.5 Å². The van der Waals surface area contributed by atoms with E-state index in [2.05, 4.69) is 4.98 Å². The minimum atomic E-state index is -1.10. The number of ether oxygens (including phenoxy) is 1. The van der Waals surface area contributed by atoms with Crippen molar-refractivity contribution in [1.29, 1.82) is 0 Å². The molecule has 34 heavy (non-hydrogen) atoms. The predicted molar refractivity (Wildman–Crippen MR) is 117 cm³/mol. The average Bonchev–Trinajstić information content (AvgIpc) is 3.59. The topological polar surface area (TPSA) is 125 Å². The van der Waals surface area contributed by atoms with Crippen LogP contribution < -0.4 is 10.5 Å². The fourth-order valence-electron chi connectivity index (χ4n) is 3.72. The Morgan fingerprint density at radius 1 is 1.00 bits per heavy atom. The van der Waals surface area contributed by atoms with Gasteiger partial charge < -0.3 is 10.5 Å². The van der Waals surface area contributed by atoms with Crippen LogP contribution in [0.25, 0.3) is 0 Å². The number of pyridine rings is 1. The number of anilines is 1. The van der Waals surface area contributed by atoms with Crippen LogP contribution in [0.15, 0.2) is 54.7 Å². The summed E-state index contributed by atoms with van der Waals surface area (Å²) in [4.78, 5) is 39.7. The molecule has 0 amide bonds. The largest absolute Gasteiger partial charge is 0.447 e. The van der Waals surface area contributed by atoms with Gasteiger partial charge in [0.1, 0.15) is 5.82 Å². The number of Topliss-reactive ketones (excluding diaryl/α,β-unsaturated/α-hetero) is 2. The summed E-state index contributed by atoms with van der Waals surface area (Å²) < 4.78 is 33.1. The molecule has 4 rings (SSSR count). The van der Waals surface area contributed by atoms with E-state index < -0.39 is 27.7 Å². The lowest BCUT2D eigenvalue weighted by Gasteiger charge is -2.14. The molecule has 1 fully saturated rings. The first kappa shape index (κ1) is 23.0. The summed E-state index contributed by atoms with van der Waals surface area (Å²) in [5.74, 6) is -2.74. The van der Waals surface area contributed by atoms with E-state index in [1.165, 1.54) is 48.7 Å². The van der Waals surface area contributed by atoms with Crippen molar-refractivity contribution in [2.24, 2.45) is 5.41 Å². The third-order valence-electron chi connectivity index (χ3n) is 5.77. The zero-order valence-corrected chi connectivity index (χ0v) is 17.8.